The van der Waals surface area contributed by atoms with Crippen molar-refractivity contribution in [1.29, 1.82) is 0 Å². The minimum absolute atomic E-state index is 0.331. The highest BCUT2D eigenvalue weighted by atomic mass is 14.9. The van der Waals surface area contributed by atoms with Gasteiger partial charge in [-0.2, -0.15) is 0 Å². The molecule has 0 aliphatic heterocycles. The molecule has 0 aromatic heterocycles. The van der Waals surface area contributed by atoms with Gasteiger partial charge in [-0.05, 0) is 55.0 Å². The Hall–Kier alpha value is -1.76. The lowest BCUT2D eigenvalue weighted by molar-refractivity contribution is 0.793. The van der Waals surface area contributed by atoms with E-state index in [1.54, 1.807) is 0 Å². The first-order valence-corrected chi connectivity index (χ1v) is 8.17. The molecule has 0 saturated carbocycles. The van der Waals surface area contributed by atoms with Crippen LogP contribution in [-0.2, 0) is 12.8 Å². The molecule has 2 rings (SSSR count). The molecule has 0 spiro atoms. The lowest BCUT2D eigenvalue weighted by Crippen LogP contribution is -2.06. The number of nitrogens with one attached hydrogen (secondary N) is 1. The fraction of sp³-hybridized carbons (Fsp3) is 0.400. The summed E-state index contributed by atoms with van der Waals surface area (Å²) in [6, 6.07) is 18.1. The van der Waals surface area contributed by atoms with Crippen molar-refractivity contribution in [2.24, 2.45) is 0 Å². The van der Waals surface area contributed by atoms with E-state index in [1.165, 1.54) is 41.6 Å². The summed E-state index contributed by atoms with van der Waals surface area (Å²) >= 11 is 0. The molecular weight excluding hydrogens is 254 g/mol. The number of hydrogen-bond donors (Lipinski definition) is 1. The molecule has 0 bridgehead atoms. The third-order valence-electron chi connectivity index (χ3n) is 4.04. The first kappa shape index (κ1) is 15.6. The van der Waals surface area contributed by atoms with E-state index in [4.69, 9.17) is 0 Å². The van der Waals surface area contributed by atoms with E-state index in [9.17, 15) is 0 Å². The predicted octanol–water partition coefficient (Wildman–Crippen LogP) is 5.76. The molecule has 0 fully saturated rings. The Morgan fingerprint density at radius 3 is 2.05 bits per heavy atom. The molecule has 0 aliphatic rings. The molecule has 0 heterocycles. The van der Waals surface area contributed by atoms with Crippen LogP contribution in [0.15, 0.2) is 48.5 Å². The van der Waals surface area contributed by atoms with Crippen LogP contribution in [-0.4, -0.2) is 0 Å². The highest BCUT2D eigenvalue weighted by Gasteiger charge is 2.05. The largest absolute Gasteiger partial charge is 0.379 e. The molecule has 2 aromatic rings. The minimum atomic E-state index is 0.331. The van der Waals surface area contributed by atoms with Crippen molar-refractivity contribution in [3.05, 3.63) is 65.2 Å². The second-order valence-corrected chi connectivity index (χ2v) is 5.76. The molecule has 0 aliphatic carbocycles. The highest BCUT2D eigenvalue weighted by Crippen LogP contribution is 2.20. The fourth-order valence-electron chi connectivity index (χ4n) is 2.52. The monoisotopic (exact) mass is 281 g/mol. The number of anilines is 1. The quantitative estimate of drug-likeness (QED) is 0.680. The van der Waals surface area contributed by atoms with Crippen LogP contribution in [0.1, 0.15) is 56.3 Å². The van der Waals surface area contributed by atoms with Gasteiger partial charge in [0.25, 0.3) is 0 Å². The summed E-state index contributed by atoms with van der Waals surface area (Å²) in [4.78, 5) is 0. The Kier molecular flexibility index (Phi) is 5.86. The summed E-state index contributed by atoms with van der Waals surface area (Å²) in [5.41, 5.74) is 5.36. The van der Waals surface area contributed by atoms with E-state index in [-0.39, 0.29) is 0 Å². The summed E-state index contributed by atoms with van der Waals surface area (Å²) in [5.74, 6) is 0. The number of rotatable bonds is 7. The molecule has 1 atom stereocenters. The van der Waals surface area contributed by atoms with E-state index in [1.807, 2.05) is 0 Å². The van der Waals surface area contributed by atoms with E-state index in [2.05, 4.69) is 74.6 Å². The van der Waals surface area contributed by atoms with Crippen molar-refractivity contribution in [2.45, 2.75) is 52.5 Å². The van der Waals surface area contributed by atoms with Crippen molar-refractivity contribution in [1.82, 2.24) is 0 Å². The molecule has 0 saturated heterocycles. The number of hydrogen-bond acceptors (Lipinski definition) is 1. The number of benzene rings is 2. The second kappa shape index (κ2) is 7.87. The molecule has 0 radical (unpaired) electrons. The molecule has 21 heavy (non-hydrogen) atoms. The topological polar surface area (TPSA) is 12.0 Å². The van der Waals surface area contributed by atoms with Crippen LogP contribution in [0.25, 0.3) is 0 Å². The zero-order valence-electron chi connectivity index (χ0n) is 13.5. The summed E-state index contributed by atoms with van der Waals surface area (Å²) < 4.78 is 0. The van der Waals surface area contributed by atoms with Gasteiger partial charge in [-0.3, -0.25) is 0 Å². The Morgan fingerprint density at radius 1 is 0.857 bits per heavy atom. The van der Waals surface area contributed by atoms with Crippen LogP contribution in [0.3, 0.4) is 0 Å². The predicted molar refractivity (Wildman–Crippen MR) is 92.9 cm³/mol. The number of unbranched alkanes of at least 4 members (excludes halogenated alkanes) is 1. The molecule has 0 amide bonds. The van der Waals surface area contributed by atoms with Crippen LogP contribution in [0, 0.1) is 0 Å². The lowest BCUT2D eigenvalue weighted by Gasteiger charge is -2.16. The van der Waals surface area contributed by atoms with Crippen LogP contribution in [0.4, 0.5) is 5.69 Å². The molecule has 112 valence electrons. The van der Waals surface area contributed by atoms with Crippen LogP contribution in [0.2, 0.25) is 0 Å². The summed E-state index contributed by atoms with van der Waals surface area (Å²) in [6.45, 7) is 6.64. The maximum absolute atomic E-state index is 3.57. The van der Waals surface area contributed by atoms with Gasteiger partial charge >= 0.3 is 0 Å². The molecule has 1 heteroatoms. The summed E-state index contributed by atoms with van der Waals surface area (Å²) in [6.07, 6.45) is 4.82. The maximum Gasteiger partial charge on any atom is 0.0485 e. The molecule has 1 unspecified atom stereocenters. The summed E-state index contributed by atoms with van der Waals surface area (Å²) in [7, 11) is 0. The van der Waals surface area contributed by atoms with Gasteiger partial charge in [0.1, 0.15) is 0 Å². The van der Waals surface area contributed by atoms with Crippen molar-refractivity contribution >= 4 is 5.69 Å². The maximum atomic E-state index is 3.57. The average molecular weight is 281 g/mol. The third kappa shape index (κ3) is 4.63. The van der Waals surface area contributed by atoms with E-state index in [0.29, 0.717) is 6.04 Å². The summed E-state index contributed by atoms with van der Waals surface area (Å²) in [5, 5.41) is 3.57. The second-order valence-electron chi connectivity index (χ2n) is 5.76. The van der Waals surface area contributed by atoms with E-state index < -0.39 is 0 Å². The van der Waals surface area contributed by atoms with Gasteiger partial charge in [-0.25, -0.2) is 0 Å². The Morgan fingerprint density at radius 2 is 1.48 bits per heavy atom. The zero-order valence-corrected chi connectivity index (χ0v) is 13.5. The fourth-order valence-corrected chi connectivity index (χ4v) is 2.52. The van der Waals surface area contributed by atoms with E-state index in [0.717, 1.165) is 6.42 Å². The van der Waals surface area contributed by atoms with Crippen LogP contribution < -0.4 is 5.32 Å². The van der Waals surface area contributed by atoms with Crippen molar-refractivity contribution in [3.8, 4) is 0 Å². The molecule has 1 nitrogen and oxygen atoms in total. The first-order chi connectivity index (χ1) is 10.2. The smallest absolute Gasteiger partial charge is 0.0485 e. The van der Waals surface area contributed by atoms with Gasteiger partial charge in [-0.15, -0.1) is 0 Å². The van der Waals surface area contributed by atoms with Crippen molar-refractivity contribution < 1.29 is 0 Å². The van der Waals surface area contributed by atoms with Gasteiger partial charge < -0.3 is 5.32 Å². The molecular formula is C20H27N. The Bertz CT molecular complexity index is 525. The SMILES string of the molecule is CCCCc1ccc(C(C)Nc2ccc(CC)cc2)cc1. The highest BCUT2D eigenvalue weighted by molar-refractivity contribution is 5.46. The van der Waals surface area contributed by atoms with Gasteiger partial charge in [-0.1, -0.05) is 56.7 Å². The van der Waals surface area contributed by atoms with Gasteiger partial charge in [0, 0.05) is 11.7 Å². The Labute approximate surface area is 129 Å². The lowest BCUT2D eigenvalue weighted by atomic mass is 10.0. The zero-order chi connectivity index (χ0) is 15.1. The number of aryl methyl sites for hydroxylation is 2. The normalized spacial score (nSPS) is 12.1. The van der Waals surface area contributed by atoms with Gasteiger partial charge in [0.05, 0.1) is 0 Å². The Balaban J connectivity index is 1.96. The molecule has 2 aromatic carbocycles. The van der Waals surface area contributed by atoms with E-state index >= 15 is 0 Å². The average Bonchev–Trinajstić information content (AvgIpc) is 2.54. The standard InChI is InChI=1S/C20H27N/c1-4-6-7-18-8-12-19(13-9-18)16(3)21-20-14-10-17(5-2)11-15-20/h8-16,21H,4-7H2,1-3H3. The van der Waals surface area contributed by atoms with Gasteiger partial charge in [0.2, 0.25) is 0 Å². The van der Waals surface area contributed by atoms with Crippen LogP contribution >= 0.6 is 0 Å². The van der Waals surface area contributed by atoms with Crippen molar-refractivity contribution in [3.63, 3.8) is 0 Å². The van der Waals surface area contributed by atoms with Crippen molar-refractivity contribution in [2.75, 3.05) is 5.32 Å². The van der Waals surface area contributed by atoms with Gasteiger partial charge in [0.15, 0.2) is 0 Å². The molecule has 1 N–H and O–H groups in total. The third-order valence-corrected chi connectivity index (χ3v) is 4.04. The van der Waals surface area contributed by atoms with Crippen LogP contribution in [0.5, 0.6) is 0 Å². The first-order valence-electron chi connectivity index (χ1n) is 8.17. The minimum Gasteiger partial charge on any atom is -0.379 e.